The normalized spacial score (nSPS) is 21.2. The predicted octanol–water partition coefficient (Wildman–Crippen LogP) is 2.53. The minimum absolute atomic E-state index is 0.132. The van der Waals surface area contributed by atoms with Crippen molar-refractivity contribution >= 4 is 23.2 Å². The van der Waals surface area contributed by atoms with Crippen molar-refractivity contribution < 1.29 is 22.8 Å². The molecule has 0 unspecified atom stereocenters. The van der Waals surface area contributed by atoms with E-state index in [4.69, 9.17) is 0 Å². The number of nitrogens with zero attached hydrogens (tertiary/aromatic N) is 1. The maximum atomic E-state index is 12.4. The average Bonchev–Trinajstić information content (AvgIpc) is 3.17. The smallest absolute Gasteiger partial charge is 0.356 e. The zero-order valence-corrected chi connectivity index (χ0v) is 14.3. The number of nitrogens with one attached hydrogen (secondary N) is 2. The monoisotopic (exact) mass is 363 g/mol. The third-order valence-electron chi connectivity index (χ3n) is 3.98. The highest BCUT2D eigenvalue weighted by Crippen LogP contribution is 2.50. The van der Waals surface area contributed by atoms with Crippen LogP contribution in [-0.2, 0) is 11.2 Å². The molecule has 0 aromatic carbocycles. The summed E-state index contributed by atoms with van der Waals surface area (Å²) < 4.78 is 37.2. The number of carbonyl (C=O) groups is 2. The largest absolute Gasteiger partial charge is 0.392 e. The van der Waals surface area contributed by atoms with E-state index in [1.807, 2.05) is 6.92 Å². The third kappa shape index (κ3) is 4.68. The molecule has 1 fully saturated rings. The lowest BCUT2D eigenvalue weighted by Gasteiger charge is -2.14. The van der Waals surface area contributed by atoms with Gasteiger partial charge in [0.1, 0.15) is 4.88 Å². The Morgan fingerprint density at radius 3 is 2.75 bits per heavy atom. The van der Waals surface area contributed by atoms with Crippen LogP contribution in [0.25, 0.3) is 0 Å². The van der Waals surface area contributed by atoms with E-state index >= 15 is 0 Å². The summed E-state index contributed by atoms with van der Waals surface area (Å²) >= 11 is 1.27. The molecule has 2 amide bonds. The Morgan fingerprint density at radius 1 is 1.46 bits per heavy atom. The van der Waals surface area contributed by atoms with Gasteiger partial charge < -0.3 is 10.6 Å². The van der Waals surface area contributed by atoms with Gasteiger partial charge in [0.25, 0.3) is 5.91 Å². The molecule has 134 valence electrons. The second-order valence-electron chi connectivity index (χ2n) is 5.93. The summed E-state index contributed by atoms with van der Waals surface area (Å²) in [6.07, 6.45) is -3.32. The Labute approximate surface area is 142 Å². The number of carbonyl (C=O) groups excluding carboxylic acids is 2. The van der Waals surface area contributed by atoms with Crippen LogP contribution in [0.2, 0.25) is 0 Å². The first kappa shape index (κ1) is 18.7. The molecule has 0 saturated heterocycles. The minimum atomic E-state index is -4.30. The minimum Gasteiger partial charge on any atom is -0.356 e. The fourth-order valence-corrected chi connectivity index (χ4v) is 3.24. The summed E-state index contributed by atoms with van der Waals surface area (Å²) in [5, 5.41) is 5.32. The summed E-state index contributed by atoms with van der Waals surface area (Å²) in [6.45, 7) is 3.92. The molecule has 9 heteroatoms. The van der Waals surface area contributed by atoms with Crippen molar-refractivity contribution in [2.75, 3.05) is 6.54 Å². The predicted molar refractivity (Wildman–Crippen MR) is 83.7 cm³/mol. The van der Waals surface area contributed by atoms with Crippen molar-refractivity contribution in [3.05, 3.63) is 16.1 Å². The van der Waals surface area contributed by atoms with Gasteiger partial charge in [0.05, 0.1) is 23.0 Å². The van der Waals surface area contributed by atoms with Gasteiger partial charge in [-0.25, -0.2) is 4.98 Å². The highest BCUT2D eigenvalue weighted by Gasteiger charge is 2.58. The lowest BCUT2D eigenvalue weighted by molar-refractivity contribution is -0.154. The Kier molecular flexibility index (Phi) is 5.84. The molecule has 3 atom stereocenters. The van der Waals surface area contributed by atoms with E-state index in [-0.39, 0.29) is 24.9 Å². The van der Waals surface area contributed by atoms with Crippen LogP contribution in [0, 0.1) is 11.8 Å². The highest BCUT2D eigenvalue weighted by molar-refractivity contribution is 7.11. The average molecular weight is 363 g/mol. The molecule has 1 aliphatic rings. The van der Waals surface area contributed by atoms with E-state index in [2.05, 4.69) is 15.6 Å². The second-order valence-corrected chi connectivity index (χ2v) is 6.78. The summed E-state index contributed by atoms with van der Waals surface area (Å²) in [7, 11) is 0. The SMILES string of the molecule is CCc1ncsc1C(=O)N[C@@H](C)CCNC(=O)[C@@H]1C[C@H]1C(F)(F)F. The molecule has 0 bridgehead atoms. The van der Waals surface area contributed by atoms with Gasteiger partial charge in [-0.3, -0.25) is 9.59 Å². The van der Waals surface area contributed by atoms with Gasteiger partial charge in [-0.1, -0.05) is 6.92 Å². The standard InChI is InChI=1S/C15H20F3N3O2S/c1-3-11-12(24-7-20-11)14(23)21-8(2)4-5-19-13(22)9-6-10(9)15(16,17)18/h7-10H,3-6H2,1-2H3,(H,19,22)(H,21,23)/t8-,9+,10+/m0/s1. The molecule has 24 heavy (non-hydrogen) atoms. The van der Waals surface area contributed by atoms with Crippen molar-refractivity contribution in [3.8, 4) is 0 Å². The highest BCUT2D eigenvalue weighted by atomic mass is 32.1. The van der Waals surface area contributed by atoms with Crippen LogP contribution in [0.5, 0.6) is 0 Å². The van der Waals surface area contributed by atoms with Crippen molar-refractivity contribution in [1.82, 2.24) is 15.6 Å². The molecule has 0 radical (unpaired) electrons. The maximum Gasteiger partial charge on any atom is 0.392 e. The van der Waals surface area contributed by atoms with Crippen LogP contribution in [-0.4, -0.2) is 35.6 Å². The Morgan fingerprint density at radius 2 is 2.17 bits per heavy atom. The fraction of sp³-hybridized carbons (Fsp3) is 0.667. The van der Waals surface area contributed by atoms with Gasteiger partial charge in [-0.15, -0.1) is 11.3 Å². The Bertz CT molecular complexity index is 603. The van der Waals surface area contributed by atoms with Crippen LogP contribution in [0.4, 0.5) is 13.2 Å². The first-order valence-corrected chi connectivity index (χ1v) is 8.69. The molecule has 2 rings (SSSR count). The molecule has 1 aliphatic carbocycles. The van der Waals surface area contributed by atoms with Crippen molar-refractivity contribution in [1.29, 1.82) is 0 Å². The van der Waals surface area contributed by atoms with Gasteiger partial charge in [0.15, 0.2) is 0 Å². The van der Waals surface area contributed by atoms with Crippen molar-refractivity contribution in [2.45, 2.75) is 45.3 Å². The first-order chi connectivity index (χ1) is 11.2. The lowest BCUT2D eigenvalue weighted by atomic mass is 10.2. The molecular formula is C15H20F3N3O2S. The van der Waals surface area contributed by atoms with Crippen LogP contribution in [0.3, 0.4) is 0 Å². The van der Waals surface area contributed by atoms with Crippen LogP contribution in [0.1, 0.15) is 42.1 Å². The number of aryl methyl sites for hydroxylation is 1. The molecule has 1 heterocycles. The summed E-state index contributed by atoms with van der Waals surface area (Å²) in [5.74, 6) is -3.24. The van der Waals surface area contributed by atoms with E-state index in [1.54, 1.807) is 12.4 Å². The molecule has 1 aromatic heterocycles. The van der Waals surface area contributed by atoms with E-state index < -0.39 is 23.9 Å². The zero-order chi connectivity index (χ0) is 17.9. The number of aromatic nitrogens is 1. The van der Waals surface area contributed by atoms with Gasteiger partial charge in [0.2, 0.25) is 5.91 Å². The fourth-order valence-electron chi connectivity index (χ4n) is 2.46. The van der Waals surface area contributed by atoms with E-state index in [0.717, 1.165) is 5.69 Å². The lowest BCUT2D eigenvalue weighted by Crippen LogP contribution is -2.36. The Hall–Kier alpha value is -1.64. The number of thiazole rings is 1. The first-order valence-electron chi connectivity index (χ1n) is 7.81. The number of alkyl halides is 3. The number of halogens is 3. The topological polar surface area (TPSA) is 71.1 Å². The van der Waals surface area contributed by atoms with Gasteiger partial charge in [0, 0.05) is 12.6 Å². The molecular weight excluding hydrogens is 343 g/mol. The van der Waals surface area contributed by atoms with E-state index in [1.165, 1.54) is 11.3 Å². The van der Waals surface area contributed by atoms with Gasteiger partial charge >= 0.3 is 6.18 Å². The summed E-state index contributed by atoms with van der Waals surface area (Å²) in [5.41, 5.74) is 2.36. The maximum absolute atomic E-state index is 12.4. The number of amides is 2. The Balaban J connectivity index is 1.69. The second kappa shape index (κ2) is 7.50. The quantitative estimate of drug-likeness (QED) is 0.782. The van der Waals surface area contributed by atoms with Crippen LogP contribution >= 0.6 is 11.3 Å². The molecule has 0 spiro atoms. The van der Waals surface area contributed by atoms with Gasteiger partial charge in [-0.2, -0.15) is 13.2 Å². The third-order valence-corrected chi connectivity index (χ3v) is 4.85. The zero-order valence-electron chi connectivity index (χ0n) is 13.4. The van der Waals surface area contributed by atoms with Crippen molar-refractivity contribution in [3.63, 3.8) is 0 Å². The summed E-state index contributed by atoms with van der Waals surface area (Å²) in [4.78, 5) is 28.4. The summed E-state index contributed by atoms with van der Waals surface area (Å²) in [6, 6.07) is -0.206. The number of hydrogen-bond acceptors (Lipinski definition) is 4. The number of hydrogen-bond donors (Lipinski definition) is 2. The molecule has 2 N–H and O–H groups in total. The number of rotatable bonds is 7. The van der Waals surface area contributed by atoms with Crippen molar-refractivity contribution in [2.24, 2.45) is 11.8 Å². The molecule has 1 aromatic rings. The van der Waals surface area contributed by atoms with E-state index in [9.17, 15) is 22.8 Å². The molecule has 1 saturated carbocycles. The van der Waals surface area contributed by atoms with Crippen LogP contribution in [0.15, 0.2) is 5.51 Å². The van der Waals surface area contributed by atoms with Crippen LogP contribution < -0.4 is 10.6 Å². The van der Waals surface area contributed by atoms with E-state index in [0.29, 0.717) is 17.7 Å². The molecule has 5 nitrogen and oxygen atoms in total. The molecule has 0 aliphatic heterocycles. The van der Waals surface area contributed by atoms with Gasteiger partial charge in [-0.05, 0) is 26.2 Å².